The van der Waals surface area contributed by atoms with E-state index in [1.54, 1.807) is 24.3 Å². The van der Waals surface area contributed by atoms with Gasteiger partial charge in [-0.1, -0.05) is 62.4 Å². The Morgan fingerprint density at radius 1 is 1.09 bits per heavy atom. The van der Waals surface area contributed by atoms with Crippen molar-refractivity contribution < 1.29 is 9.18 Å². The van der Waals surface area contributed by atoms with E-state index >= 15 is 0 Å². The number of benzene rings is 2. The Morgan fingerprint density at radius 3 is 2.41 bits per heavy atom. The summed E-state index contributed by atoms with van der Waals surface area (Å²) in [4.78, 5) is 11.9. The lowest BCUT2D eigenvalue weighted by molar-refractivity contribution is -0.116. The van der Waals surface area contributed by atoms with Gasteiger partial charge in [-0.3, -0.25) is 4.79 Å². The second-order valence-electron chi connectivity index (χ2n) is 5.83. The number of hydrogen-bond donors (Lipinski definition) is 1. The minimum absolute atomic E-state index is 0.187. The summed E-state index contributed by atoms with van der Waals surface area (Å²) in [5, 5.41) is 2.83. The zero-order valence-electron chi connectivity index (χ0n) is 12.8. The van der Waals surface area contributed by atoms with E-state index < -0.39 is 5.41 Å². The van der Waals surface area contributed by atoms with E-state index in [1.807, 2.05) is 44.2 Å². The molecule has 0 aromatic heterocycles. The molecule has 0 saturated heterocycles. The number of hydrogen-bond acceptors (Lipinski definition) is 1. The molecule has 1 N–H and O–H groups in total. The molecule has 0 aliphatic carbocycles. The number of amides is 1. The van der Waals surface area contributed by atoms with Crippen LogP contribution in [0.1, 0.15) is 25.0 Å². The summed E-state index contributed by atoms with van der Waals surface area (Å²) in [6.07, 6.45) is 3.25. The van der Waals surface area contributed by atoms with Crippen LogP contribution in [0.15, 0.2) is 60.7 Å². The predicted octanol–water partition coefficient (Wildman–Crippen LogP) is 3.93. The van der Waals surface area contributed by atoms with E-state index in [0.717, 1.165) is 5.56 Å². The maximum Gasteiger partial charge on any atom is 0.244 e. The summed E-state index contributed by atoms with van der Waals surface area (Å²) in [5.41, 5.74) is 1.09. The molecule has 2 aromatic rings. The molecule has 0 bridgehead atoms. The van der Waals surface area contributed by atoms with Gasteiger partial charge in [0.15, 0.2) is 0 Å². The van der Waals surface area contributed by atoms with Crippen LogP contribution in [0.25, 0.3) is 6.08 Å². The number of carbonyl (C=O) groups is 1. The summed E-state index contributed by atoms with van der Waals surface area (Å²) in [7, 11) is 0. The van der Waals surface area contributed by atoms with Gasteiger partial charge < -0.3 is 5.32 Å². The lowest BCUT2D eigenvalue weighted by Crippen LogP contribution is -2.36. The molecular formula is C19H20FNO. The van der Waals surface area contributed by atoms with Crippen LogP contribution in [0.5, 0.6) is 0 Å². The van der Waals surface area contributed by atoms with E-state index in [-0.39, 0.29) is 11.7 Å². The predicted molar refractivity (Wildman–Crippen MR) is 87.9 cm³/mol. The Kier molecular flexibility index (Phi) is 5.10. The van der Waals surface area contributed by atoms with Crippen LogP contribution < -0.4 is 5.32 Å². The fourth-order valence-electron chi connectivity index (χ4n) is 2.21. The zero-order valence-corrected chi connectivity index (χ0v) is 12.8. The topological polar surface area (TPSA) is 29.1 Å². The molecule has 0 unspecified atom stereocenters. The first-order valence-corrected chi connectivity index (χ1v) is 7.25. The number of halogens is 1. The first kappa shape index (κ1) is 16.0. The van der Waals surface area contributed by atoms with Crippen molar-refractivity contribution in [2.24, 2.45) is 0 Å². The average molecular weight is 297 g/mol. The standard InChI is InChI=1S/C19H20FNO/c1-19(2,16-10-6-7-11-17(16)20)14-21-18(22)13-12-15-8-4-3-5-9-15/h3-13H,14H2,1-2H3,(H,21,22)/b13-12+. The van der Waals surface area contributed by atoms with Crippen molar-refractivity contribution in [2.75, 3.05) is 6.54 Å². The summed E-state index contributed by atoms with van der Waals surface area (Å²) in [6.45, 7) is 4.19. The van der Waals surface area contributed by atoms with Crippen LogP contribution in [0.2, 0.25) is 0 Å². The minimum Gasteiger partial charge on any atom is -0.352 e. The van der Waals surface area contributed by atoms with Crippen molar-refractivity contribution in [2.45, 2.75) is 19.3 Å². The summed E-state index contributed by atoms with van der Waals surface area (Å²) in [5.74, 6) is -0.435. The van der Waals surface area contributed by atoms with Crippen LogP contribution in [0.4, 0.5) is 4.39 Å². The third-order valence-electron chi connectivity index (χ3n) is 3.53. The molecule has 0 aliphatic heterocycles. The summed E-state index contributed by atoms with van der Waals surface area (Å²) in [6, 6.07) is 16.3. The lowest BCUT2D eigenvalue weighted by Gasteiger charge is -2.25. The maximum atomic E-state index is 13.9. The molecule has 2 nitrogen and oxygen atoms in total. The third-order valence-corrected chi connectivity index (χ3v) is 3.53. The minimum atomic E-state index is -0.471. The molecule has 1 amide bonds. The van der Waals surface area contributed by atoms with Crippen molar-refractivity contribution >= 4 is 12.0 Å². The smallest absolute Gasteiger partial charge is 0.244 e. The zero-order chi connectivity index (χ0) is 16.0. The van der Waals surface area contributed by atoms with Gasteiger partial charge in [0, 0.05) is 18.0 Å². The lowest BCUT2D eigenvalue weighted by atomic mass is 9.84. The van der Waals surface area contributed by atoms with Crippen LogP contribution >= 0.6 is 0 Å². The average Bonchev–Trinajstić information content (AvgIpc) is 2.52. The van der Waals surface area contributed by atoms with Crippen LogP contribution in [0, 0.1) is 5.82 Å². The second kappa shape index (κ2) is 7.03. The molecule has 114 valence electrons. The van der Waals surface area contributed by atoms with Gasteiger partial charge in [0.25, 0.3) is 0 Å². The molecule has 2 aromatic carbocycles. The SMILES string of the molecule is CC(C)(CNC(=O)/C=C/c1ccccc1)c1ccccc1F. The highest BCUT2D eigenvalue weighted by atomic mass is 19.1. The van der Waals surface area contributed by atoms with E-state index in [0.29, 0.717) is 12.1 Å². The van der Waals surface area contributed by atoms with Crippen molar-refractivity contribution in [3.05, 3.63) is 77.6 Å². The second-order valence-corrected chi connectivity index (χ2v) is 5.83. The van der Waals surface area contributed by atoms with Gasteiger partial charge in [-0.2, -0.15) is 0 Å². The molecule has 0 spiro atoms. The molecule has 0 fully saturated rings. The highest BCUT2D eigenvalue weighted by Gasteiger charge is 2.24. The number of nitrogens with one attached hydrogen (secondary N) is 1. The Labute approximate surface area is 130 Å². The third kappa shape index (κ3) is 4.29. The van der Waals surface area contributed by atoms with Gasteiger partial charge in [0.05, 0.1) is 0 Å². The van der Waals surface area contributed by atoms with Gasteiger partial charge in [0.2, 0.25) is 5.91 Å². The van der Waals surface area contributed by atoms with Crippen molar-refractivity contribution in [1.29, 1.82) is 0 Å². The fourth-order valence-corrected chi connectivity index (χ4v) is 2.21. The molecule has 22 heavy (non-hydrogen) atoms. The molecule has 0 heterocycles. The molecule has 3 heteroatoms. The molecule has 0 radical (unpaired) electrons. The van der Waals surface area contributed by atoms with Crippen molar-refractivity contribution in [3.8, 4) is 0 Å². The number of carbonyl (C=O) groups excluding carboxylic acids is 1. The molecule has 0 aliphatic rings. The van der Waals surface area contributed by atoms with Crippen molar-refractivity contribution in [3.63, 3.8) is 0 Å². The van der Waals surface area contributed by atoms with Crippen LogP contribution in [-0.2, 0) is 10.2 Å². The first-order chi connectivity index (χ1) is 10.5. The quantitative estimate of drug-likeness (QED) is 0.832. The van der Waals surface area contributed by atoms with Gasteiger partial charge in [-0.15, -0.1) is 0 Å². The largest absolute Gasteiger partial charge is 0.352 e. The number of rotatable bonds is 5. The highest BCUT2D eigenvalue weighted by molar-refractivity contribution is 5.91. The Hall–Kier alpha value is -2.42. The van der Waals surface area contributed by atoms with E-state index in [1.165, 1.54) is 12.1 Å². The molecular weight excluding hydrogens is 277 g/mol. The Bertz CT molecular complexity index is 662. The summed E-state index contributed by atoms with van der Waals surface area (Å²) >= 11 is 0. The Balaban J connectivity index is 1.96. The van der Waals surface area contributed by atoms with Crippen LogP contribution in [-0.4, -0.2) is 12.5 Å². The molecule has 2 rings (SSSR count). The summed E-state index contributed by atoms with van der Waals surface area (Å²) < 4.78 is 13.9. The normalized spacial score (nSPS) is 11.6. The monoisotopic (exact) mass is 297 g/mol. The Morgan fingerprint density at radius 2 is 1.73 bits per heavy atom. The van der Waals surface area contributed by atoms with E-state index in [4.69, 9.17) is 0 Å². The maximum absolute atomic E-state index is 13.9. The van der Waals surface area contributed by atoms with Gasteiger partial charge in [-0.05, 0) is 23.3 Å². The fraction of sp³-hybridized carbons (Fsp3) is 0.211. The van der Waals surface area contributed by atoms with E-state index in [2.05, 4.69) is 5.32 Å². The van der Waals surface area contributed by atoms with Crippen molar-refractivity contribution in [1.82, 2.24) is 5.32 Å². The van der Waals surface area contributed by atoms with Gasteiger partial charge in [-0.25, -0.2) is 4.39 Å². The first-order valence-electron chi connectivity index (χ1n) is 7.25. The molecule has 0 atom stereocenters. The van der Waals surface area contributed by atoms with Crippen LogP contribution in [0.3, 0.4) is 0 Å². The van der Waals surface area contributed by atoms with Gasteiger partial charge >= 0.3 is 0 Å². The highest BCUT2D eigenvalue weighted by Crippen LogP contribution is 2.24. The van der Waals surface area contributed by atoms with Gasteiger partial charge in [0.1, 0.15) is 5.82 Å². The van der Waals surface area contributed by atoms with E-state index in [9.17, 15) is 9.18 Å². The molecule has 0 saturated carbocycles.